The quantitative estimate of drug-likeness (QED) is 0.214. The lowest BCUT2D eigenvalue weighted by molar-refractivity contribution is -0.111. The molecule has 55 heavy (non-hydrogen) atoms. The number of piperidine rings is 1. The van der Waals surface area contributed by atoms with Gasteiger partial charge in [0.15, 0.2) is 5.82 Å². The molecule has 6 heterocycles. The summed E-state index contributed by atoms with van der Waals surface area (Å²) in [6.07, 6.45) is 8.33. The second-order valence-corrected chi connectivity index (χ2v) is 15.8. The number of ether oxygens (including phenoxy) is 1. The maximum Gasteiger partial charge on any atom is 0.293 e. The van der Waals surface area contributed by atoms with E-state index in [0.717, 1.165) is 70.8 Å². The van der Waals surface area contributed by atoms with Gasteiger partial charge >= 0.3 is 0 Å². The van der Waals surface area contributed by atoms with Crippen molar-refractivity contribution < 1.29 is 19.4 Å². The Morgan fingerprint density at radius 1 is 1.05 bits per heavy atom. The molecule has 4 aromatic rings. The van der Waals surface area contributed by atoms with Crippen molar-refractivity contribution in [3.05, 3.63) is 88.2 Å². The summed E-state index contributed by atoms with van der Waals surface area (Å²) in [5, 5.41) is 16.9. The molecule has 0 saturated carbocycles. The standard InChI is InChI=1S/C41H49N9O5/c1-5-36(52)44-31-21-27(6-7-33(31)48-12-9-28(10-13-48)47-16-18-55-19-17-47)43-37-40(54)46(4)24-32(45-37)29-8-11-42-38(30(29)25-51)50-15-14-49-34(39(50)53)20-26-22-41(2,3)23-35(26)49/h5-8,11,20-21,24,28,51H,1,9-10,12-19,22-23,25H2,2-4H3,(H,43,45)(H,44,52). The SMILES string of the molecule is C=CC(=O)Nc1cc(Nc2nc(-c3ccnc(N4CCn5c(cc6c5CC(C)(C)C6)C4=O)c3CO)cn(C)c2=O)ccc1N1CCC(N2CCOCC2)CC1. The Hall–Kier alpha value is -5.31. The highest BCUT2D eigenvalue weighted by Gasteiger charge is 2.38. The number of benzene rings is 1. The molecule has 1 aliphatic carbocycles. The van der Waals surface area contributed by atoms with Crippen LogP contribution in [0, 0.1) is 5.41 Å². The predicted molar refractivity (Wildman–Crippen MR) is 212 cm³/mol. The van der Waals surface area contributed by atoms with Crippen LogP contribution in [0.25, 0.3) is 11.3 Å². The molecule has 0 unspecified atom stereocenters. The fourth-order valence-electron chi connectivity index (χ4n) is 8.76. The van der Waals surface area contributed by atoms with Crippen LogP contribution >= 0.6 is 0 Å². The van der Waals surface area contributed by atoms with E-state index in [1.807, 2.05) is 18.2 Å². The molecule has 2 fully saturated rings. The Kier molecular flexibility index (Phi) is 9.82. The molecule has 2 saturated heterocycles. The number of rotatable bonds is 9. The van der Waals surface area contributed by atoms with Crippen LogP contribution in [0.3, 0.4) is 0 Å². The molecule has 3 aromatic heterocycles. The smallest absolute Gasteiger partial charge is 0.293 e. The lowest BCUT2D eigenvalue weighted by Gasteiger charge is -2.41. The zero-order chi connectivity index (χ0) is 38.4. The van der Waals surface area contributed by atoms with Gasteiger partial charge in [0.2, 0.25) is 5.91 Å². The summed E-state index contributed by atoms with van der Waals surface area (Å²) >= 11 is 0. The Morgan fingerprint density at radius 2 is 1.84 bits per heavy atom. The molecule has 8 rings (SSSR count). The number of hydrogen-bond acceptors (Lipinski definition) is 10. The van der Waals surface area contributed by atoms with Gasteiger partial charge in [0.1, 0.15) is 11.5 Å². The predicted octanol–water partition coefficient (Wildman–Crippen LogP) is 4.09. The largest absolute Gasteiger partial charge is 0.392 e. The topological polar surface area (TPSA) is 150 Å². The van der Waals surface area contributed by atoms with Crippen LogP contribution < -0.4 is 26.0 Å². The number of nitrogens with zero attached hydrogens (tertiary/aromatic N) is 7. The summed E-state index contributed by atoms with van der Waals surface area (Å²) in [6.45, 7) is 13.9. The molecule has 3 aliphatic heterocycles. The van der Waals surface area contributed by atoms with Crippen LogP contribution in [-0.2, 0) is 42.6 Å². The fourth-order valence-corrected chi connectivity index (χ4v) is 8.76. The van der Waals surface area contributed by atoms with Crippen molar-refractivity contribution in [3.8, 4) is 11.3 Å². The highest BCUT2D eigenvalue weighted by molar-refractivity contribution is 6.06. The molecule has 0 bridgehead atoms. The average molecular weight is 748 g/mol. The van der Waals surface area contributed by atoms with Crippen LogP contribution in [0.4, 0.5) is 28.7 Å². The number of amides is 2. The van der Waals surface area contributed by atoms with Crippen LogP contribution in [0.15, 0.2) is 60.2 Å². The monoisotopic (exact) mass is 747 g/mol. The maximum atomic E-state index is 13.9. The van der Waals surface area contributed by atoms with E-state index in [2.05, 4.69) is 50.4 Å². The van der Waals surface area contributed by atoms with Crippen LogP contribution in [0.2, 0.25) is 0 Å². The van der Waals surface area contributed by atoms with Gasteiger partial charge in [-0.05, 0) is 73.1 Å². The first kappa shape index (κ1) is 36.7. The number of aliphatic hydroxyl groups is 1. The Balaban J connectivity index is 1.06. The summed E-state index contributed by atoms with van der Waals surface area (Å²) in [6, 6.07) is 9.88. The van der Waals surface area contributed by atoms with E-state index < -0.39 is 6.61 Å². The van der Waals surface area contributed by atoms with Gasteiger partial charge in [0.05, 0.1) is 36.9 Å². The lowest BCUT2D eigenvalue weighted by atomic mass is 9.90. The normalized spacial score (nSPS) is 18.6. The first-order valence-electron chi connectivity index (χ1n) is 19.1. The second kappa shape index (κ2) is 14.7. The summed E-state index contributed by atoms with van der Waals surface area (Å²) in [7, 11) is 1.64. The molecule has 1 aromatic carbocycles. The molecule has 4 aliphatic rings. The molecule has 288 valence electrons. The first-order valence-corrected chi connectivity index (χ1v) is 19.1. The molecule has 0 spiro atoms. The summed E-state index contributed by atoms with van der Waals surface area (Å²) in [4.78, 5) is 55.8. The second-order valence-electron chi connectivity index (χ2n) is 15.8. The van der Waals surface area contributed by atoms with Crippen molar-refractivity contribution in [2.24, 2.45) is 12.5 Å². The van der Waals surface area contributed by atoms with Gasteiger partial charge in [-0.3, -0.25) is 24.2 Å². The molecule has 0 radical (unpaired) electrons. The Bertz CT molecular complexity index is 2210. The number of carbonyl (C=O) groups excluding carboxylic acids is 2. The minimum absolute atomic E-state index is 0.0617. The Labute approximate surface area is 320 Å². The highest BCUT2D eigenvalue weighted by atomic mass is 16.5. The number of pyridine rings is 1. The van der Waals surface area contributed by atoms with E-state index in [4.69, 9.17) is 9.72 Å². The first-order chi connectivity index (χ1) is 26.5. The van der Waals surface area contributed by atoms with Gasteiger partial charge in [0, 0.05) is 87.3 Å². The minimum atomic E-state index is -0.390. The summed E-state index contributed by atoms with van der Waals surface area (Å²) < 4.78 is 9.12. The van der Waals surface area contributed by atoms with Crippen LogP contribution in [0.1, 0.15) is 54.0 Å². The molecule has 0 atom stereocenters. The minimum Gasteiger partial charge on any atom is -0.392 e. The van der Waals surface area contributed by atoms with Gasteiger partial charge in [-0.1, -0.05) is 20.4 Å². The van der Waals surface area contributed by atoms with E-state index in [0.29, 0.717) is 58.8 Å². The van der Waals surface area contributed by atoms with Gasteiger partial charge in [-0.15, -0.1) is 0 Å². The summed E-state index contributed by atoms with van der Waals surface area (Å²) in [5.74, 6) is -0.0594. The summed E-state index contributed by atoms with van der Waals surface area (Å²) in [5.41, 5.74) is 6.38. The number of aromatic nitrogens is 4. The van der Waals surface area contributed by atoms with E-state index in [1.165, 1.54) is 21.9 Å². The van der Waals surface area contributed by atoms with Crippen molar-refractivity contribution in [1.82, 2.24) is 24.0 Å². The van der Waals surface area contributed by atoms with Crippen molar-refractivity contribution in [1.29, 1.82) is 0 Å². The number of anilines is 5. The number of aliphatic hydroxyl groups excluding tert-OH is 1. The third-order valence-electron chi connectivity index (χ3n) is 11.5. The van der Waals surface area contributed by atoms with E-state index in [-0.39, 0.29) is 28.6 Å². The van der Waals surface area contributed by atoms with Gasteiger partial charge < -0.3 is 34.5 Å². The van der Waals surface area contributed by atoms with Gasteiger partial charge in [0.25, 0.3) is 11.5 Å². The third-order valence-corrected chi connectivity index (χ3v) is 11.5. The third kappa shape index (κ3) is 7.05. The van der Waals surface area contributed by atoms with Crippen LogP contribution in [0.5, 0.6) is 0 Å². The van der Waals surface area contributed by atoms with Crippen molar-refractivity contribution in [3.63, 3.8) is 0 Å². The molecular weight excluding hydrogens is 699 g/mol. The van der Waals surface area contributed by atoms with E-state index in [9.17, 15) is 19.5 Å². The molecule has 14 heteroatoms. The highest BCUT2D eigenvalue weighted by Crippen LogP contribution is 2.40. The molecule has 14 nitrogen and oxygen atoms in total. The number of aryl methyl sites for hydroxylation is 1. The number of hydrogen-bond donors (Lipinski definition) is 3. The van der Waals surface area contributed by atoms with Gasteiger partial charge in [-0.2, -0.15) is 0 Å². The lowest BCUT2D eigenvalue weighted by Crippen LogP contribution is -2.49. The number of fused-ring (bicyclic) bond motifs is 3. The van der Waals surface area contributed by atoms with Crippen molar-refractivity contribution in [2.75, 3.05) is 66.4 Å². The zero-order valence-corrected chi connectivity index (χ0v) is 31.8. The molecule has 3 N–H and O–H groups in total. The van der Waals surface area contributed by atoms with E-state index >= 15 is 0 Å². The zero-order valence-electron chi connectivity index (χ0n) is 31.8. The number of carbonyl (C=O) groups is 2. The molecular formula is C41H49N9O5. The number of nitrogens with one attached hydrogen (secondary N) is 2. The van der Waals surface area contributed by atoms with Gasteiger partial charge in [-0.25, -0.2) is 9.97 Å². The number of morpholine rings is 1. The van der Waals surface area contributed by atoms with Crippen molar-refractivity contribution in [2.45, 2.75) is 58.7 Å². The Morgan fingerprint density at radius 3 is 2.58 bits per heavy atom. The fraction of sp³-hybridized carbons (Fsp3) is 0.439. The average Bonchev–Trinajstić information content (AvgIpc) is 3.69. The van der Waals surface area contributed by atoms with Crippen LogP contribution in [-0.4, -0.2) is 92.9 Å². The van der Waals surface area contributed by atoms with Crippen molar-refractivity contribution >= 4 is 40.5 Å². The maximum absolute atomic E-state index is 13.9. The molecule has 2 amide bonds. The van der Waals surface area contributed by atoms with E-state index in [1.54, 1.807) is 36.5 Å².